The molecule has 0 spiro atoms. The first kappa shape index (κ1) is 14.3. The average Bonchev–Trinajstić information content (AvgIpc) is 2.94. The Kier molecular flexibility index (Phi) is 4.55. The quantitative estimate of drug-likeness (QED) is 0.799. The summed E-state index contributed by atoms with van der Waals surface area (Å²) in [6.45, 7) is 4.38. The van der Waals surface area contributed by atoms with Gasteiger partial charge in [-0.25, -0.2) is 0 Å². The molecule has 0 saturated carbocycles. The number of nitrogens with zero attached hydrogens (tertiary/aromatic N) is 2. The number of hydrogen-bond acceptors (Lipinski definition) is 3. The van der Waals surface area contributed by atoms with Crippen LogP contribution < -0.4 is 5.73 Å². The van der Waals surface area contributed by atoms with Gasteiger partial charge in [-0.05, 0) is 31.7 Å². The molecule has 6 heteroatoms. The lowest BCUT2D eigenvalue weighted by molar-refractivity contribution is -0.135. The van der Waals surface area contributed by atoms with Gasteiger partial charge in [0.1, 0.15) is 5.69 Å². The maximum absolute atomic E-state index is 12.2. The Morgan fingerprint density at radius 3 is 3.00 bits per heavy atom. The number of aromatic nitrogens is 2. The van der Waals surface area contributed by atoms with Gasteiger partial charge in [-0.2, -0.15) is 5.10 Å². The van der Waals surface area contributed by atoms with Gasteiger partial charge in [0.15, 0.2) is 0 Å². The van der Waals surface area contributed by atoms with E-state index in [1.807, 2.05) is 4.90 Å². The van der Waals surface area contributed by atoms with Crippen molar-refractivity contribution in [3.8, 4) is 0 Å². The summed E-state index contributed by atoms with van der Waals surface area (Å²) in [6.07, 6.45) is 5.83. The van der Waals surface area contributed by atoms with Gasteiger partial charge >= 0.3 is 0 Å². The standard InChI is InChI=1S/C14H20N4O2/c1-2-3-7-13(19)18-8-5-4-6-12(18)10-9-11(14(15)20)17-16-10/h2,9,12H,1,3-8H2,(H2,15,20)(H,16,17)/t12-/m1/s1. The monoisotopic (exact) mass is 276 g/mol. The molecule has 1 atom stereocenters. The smallest absolute Gasteiger partial charge is 0.269 e. The largest absolute Gasteiger partial charge is 0.364 e. The molecule has 2 amide bonds. The van der Waals surface area contributed by atoms with Crippen LogP contribution in [0.3, 0.4) is 0 Å². The topological polar surface area (TPSA) is 92.1 Å². The molecule has 1 fully saturated rings. The van der Waals surface area contributed by atoms with Crippen molar-refractivity contribution in [2.24, 2.45) is 5.73 Å². The van der Waals surface area contributed by atoms with Crippen molar-refractivity contribution in [1.29, 1.82) is 0 Å². The van der Waals surface area contributed by atoms with E-state index in [4.69, 9.17) is 5.73 Å². The molecule has 108 valence electrons. The number of piperidine rings is 1. The van der Waals surface area contributed by atoms with Crippen molar-refractivity contribution in [2.45, 2.75) is 38.1 Å². The van der Waals surface area contributed by atoms with Gasteiger partial charge in [0.2, 0.25) is 5.91 Å². The van der Waals surface area contributed by atoms with Crippen molar-refractivity contribution in [2.75, 3.05) is 6.54 Å². The zero-order valence-corrected chi connectivity index (χ0v) is 11.5. The summed E-state index contributed by atoms with van der Waals surface area (Å²) < 4.78 is 0. The number of primary amides is 1. The zero-order chi connectivity index (χ0) is 14.5. The molecule has 2 heterocycles. The van der Waals surface area contributed by atoms with Gasteiger partial charge in [0.25, 0.3) is 5.91 Å². The summed E-state index contributed by atoms with van der Waals surface area (Å²) in [5, 5.41) is 6.73. The molecule has 1 aliphatic heterocycles. The third kappa shape index (κ3) is 3.07. The number of carbonyl (C=O) groups excluding carboxylic acids is 2. The third-order valence-electron chi connectivity index (χ3n) is 3.59. The number of carbonyl (C=O) groups is 2. The normalized spacial score (nSPS) is 18.8. The highest BCUT2D eigenvalue weighted by Gasteiger charge is 2.29. The summed E-state index contributed by atoms with van der Waals surface area (Å²) in [6, 6.07) is 1.60. The highest BCUT2D eigenvalue weighted by Crippen LogP contribution is 2.30. The van der Waals surface area contributed by atoms with Gasteiger partial charge in [-0.15, -0.1) is 6.58 Å². The molecule has 2 rings (SSSR count). The van der Waals surface area contributed by atoms with Crippen LogP contribution in [0.15, 0.2) is 18.7 Å². The number of allylic oxidation sites excluding steroid dienone is 1. The van der Waals surface area contributed by atoms with Gasteiger partial charge in [-0.3, -0.25) is 14.7 Å². The molecule has 1 aliphatic rings. The fourth-order valence-corrected chi connectivity index (χ4v) is 2.56. The number of H-pyrrole nitrogens is 1. The molecular weight excluding hydrogens is 256 g/mol. The maximum atomic E-state index is 12.2. The molecule has 20 heavy (non-hydrogen) atoms. The maximum Gasteiger partial charge on any atom is 0.269 e. The number of nitrogens with one attached hydrogen (secondary N) is 1. The van der Waals surface area contributed by atoms with Gasteiger partial charge in [0, 0.05) is 13.0 Å². The predicted molar refractivity (Wildman–Crippen MR) is 74.8 cm³/mol. The van der Waals surface area contributed by atoms with Crippen LogP contribution >= 0.6 is 0 Å². The van der Waals surface area contributed by atoms with Crippen LogP contribution in [-0.2, 0) is 4.79 Å². The van der Waals surface area contributed by atoms with Crippen molar-refractivity contribution in [3.63, 3.8) is 0 Å². The van der Waals surface area contributed by atoms with Crippen LogP contribution in [0.5, 0.6) is 0 Å². The van der Waals surface area contributed by atoms with Crippen LogP contribution in [0.2, 0.25) is 0 Å². The minimum atomic E-state index is -0.562. The molecule has 0 radical (unpaired) electrons. The van der Waals surface area contributed by atoms with Crippen molar-refractivity contribution in [1.82, 2.24) is 15.1 Å². The molecule has 0 aromatic carbocycles. The Morgan fingerprint density at radius 1 is 1.55 bits per heavy atom. The summed E-state index contributed by atoms with van der Waals surface area (Å²) in [5.41, 5.74) is 6.20. The first-order valence-corrected chi connectivity index (χ1v) is 6.89. The number of hydrogen-bond donors (Lipinski definition) is 2. The van der Waals surface area contributed by atoms with E-state index in [9.17, 15) is 9.59 Å². The lowest BCUT2D eigenvalue weighted by Crippen LogP contribution is -2.38. The lowest BCUT2D eigenvalue weighted by Gasteiger charge is -2.35. The fourth-order valence-electron chi connectivity index (χ4n) is 2.56. The summed E-state index contributed by atoms with van der Waals surface area (Å²) in [5.74, 6) is -0.447. The highest BCUT2D eigenvalue weighted by molar-refractivity contribution is 5.90. The Bertz CT molecular complexity index is 509. The van der Waals surface area contributed by atoms with Crippen LogP contribution in [0, 0.1) is 0 Å². The van der Waals surface area contributed by atoms with Gasteiger partial charge < -0.3 is 10.6 Å². The lowest BCUT2D eigenvalue weighted by atomic mass is 9.98. The molecule has 0 bridgehead atoms. The Hall–Kier alpha value is -2.11. The predicted octanol–water partition coefficient (Wildman–Crippen LogP) is 1.53. The van der Waals surface area contributed by atoms with E-state index in [-0.39, 0.29) is 17.6 Å². The van der Waals surface area contributed by atoms with Crippen molar-refractivity contribution >= 4 is 11.8 Å². The molecular formula is C14H20N4O2. The van der Waals surface area contributed by atoms with E-state index < -0.39 is 5.91 Å². The van der Waals surface area contributed by atoms with E-state index in [1.54, 1.807) is 12.1 Å². The second-order valence-corrected chi connectivity index (χ2v) is 5.00. The van der Waals surface area contributed by atoms with Crippen LogP contribution in [0.1, 0.15) is 54.3 Å². The number of nitrogens with two attached hydrogens (primary N) is 1. The Balaban J connectivity index is 2.15. The first-order chi connectivity index (χ1) is 9.63. The van der Waals surface area contributed by atoms with Crippen LogP contribution in [0.4, 0.5) is 0 Å². The Labute approximate surface area is 118 Å². The molecule has 0 unspecified atom stereocenters. The number of rotatable bonds is 5. The molecule has 1 aromatic heterocycles. The summed E-state index contributed by atoms with van der Waals surface area (Å²) >= 11 is 0. The Morgan fingerprint density at radius 2 is 2.35 bits per heavy atom. The fraction of sp³-hybridized carbons (Fsp3) is 0.500. The molecule has 3 N–H and O–H groups in total. The van der Waals surface area contributed by atoms with E-state index in [2.05, 4.69) is 16.8 Å². The van der Waals surface area contributed by atoms with Crippen LogP contribution in [-0.4, -0.2) is 33.5 Å². The minimum absolute atomic E-state index is 0.0401. The number of amides is 2. The van der Waals surface area contributed by atoms with Gasteiger partial charge in [-0.1, -0.05) is 6.08 Å². The number of aromatic amines is 1. The number of likely N-dealkylation sites (tertiary alicyclic amines) is 1. The first-order valence-electron chi connectivity index (χ1n) is 6.89. The molecule has 1 aromatic rings. The van der Waals surface area contributed by atoms with Crippen molar-refractivity contribution < 1.29 is 9.59 Å². The van der Waals surface area contributed by atoms with E-state index in [0.717, 1.165) is 31.5 Å². The molecule has 1 saturated heterocycles. The van der Waals surface area contributed by atoms with Crippen molar-refractivity contribution in [3.05, 3.63) is 30.1 Å². The average molecular weight is 276 g/mol. The minimum Gasteiger partial charge on any atom is -0.364 e. The van der Waals surface area contributed by atoms with Crippen LogP contribution in [0.25, 0.3) is 0 Å². The zero-order valence-electron chi connectivity index (χ0n) is 11.5. The highest BCUT2D eigenvalue weighted by atomic mass is 16.2. The van der Waals surface area contributed by atoms with E-state index >= 15 is 0 Å². The van der Waals surface area contributed by atoms with E-state index in [0.29, 0.717) is 12.8 Å². The molecule has 6 nitrogen and oxygen atoms in total. The molecule has 0 aliphatic carbocycles. The summed E-state index contributed by atoms with van der Waals surface area (Å²) in [7, 11) is 0. The SMILES string of the molecule is C=CCCC(=O)N1CCCC[C@@H]1c1cc(C(N)=O)n[nH]1. The third-order valence-corrected chi connectivity index (χ3v) is 3.59. The van der Waals surface area contributed by atoms with E-state index in [1.165, 1.54) is 0 Å². The summed E-state index contributed by atoms with van der Waals surface area (Å²) in [4.78, 5) is 25.2. The van der Waals surface area contributed by atoms with Gasteiger partial charge in [0.05, 0.1) is 11.7 Å². The second-order valence-electron chi connectivity index (χ2n) is 5.00. The second kappa shape index (κ2) is 6.36.